The molecule has 1 unspecified atom stereocenters. The number of alkyl halides is 1. The van der Waals surface area contributed by atoms with Crippen LogP contribution in [0.1, 0.15) is 23.7 Å². The molecule has 0 aromatic heterocycles. The Morgan fingerprint density at radius 1 is 1.53 bits per heavy atom. The van der Waals surface area contributed by atoms with Crippen LogP contribution in [0.3, 0.4) is 0 Å². The molecule has 2 nitrogen and oxygen atoms in total. The summed E-state index contributed by atoms with van der Waals surface area (Å²) in [6, 6.07) is 4.18. The molecular weight excluding hydrogens is 264 g/mol. The molecule has 0 fully saturated rings. The summed E-state index contributed by atoms with van der Waals surface area (Å²) in [5.74, 6) is -1.03. The summed E-state index contributed by atoms with van der Waals surface area (Å²) in [4.78, 5) is 13.4. The number of rotatable bonds is 4. The molecule has 0 saturated heterocycles. The summed E-state index contributed by atoms with van der Waals surface area (Å²) in [5.41, 5.74) is -0.0844. The third-order valence-electron chi connectivity index (χ3n) is 2.39. The first-order chi connectivity index (χ1) is 7.93. The molecule has 0 spiro atoms. The molecule has 1 rings (SSSR count). The number of carbonyl (C=O) groups excluding carboxylic acids is 1. The van der Waals surface area contributed by atoms with Crippen LogP contribution in [0.15, 0.2) is 18.2 Å². The zero-order valence-electron chi connectivity index (χ0n) is 9.71. The van der Waals surface area contributed by atoms with Crippen molar-refractivity contribution in [3.63, 3.8) is 0 Å². The van der Waals surface area contributed by atoms with E-state index in [-0.39, 0.29) is 16.0 Å². The minimum atomic E-state index is -0.603. The highest BCUT2D eigenvalue weighted by Gasteiger charge is 2.19. The molecular formula is C12H14Cl2FNO. The van der Waals surface area contributed by atoms with Crippen LogP contribution in [0.2, 0.25) is 5.02 Å². The van der Waals surface area contributed by atoms with Crippen LogP contribution in [0.5, 0.6) is 0 Å². The van der Waals surface area contributed by atoms with Gasteiger partial charge in [-0.2, -0.15) is 0 Å². The summed E-state index contributed by atoms with van der Waals surface area (Å²) in [6.07, 6.45) is 0.649. The highest BCUT2D eigenvalue weighted by atomic mass is 35.5. The molecule has 1 amide bonds. The van der Waals surface area contributed by atoms with Crippen molar-refractivity contribution in [1.82, 2.24) is 4.90 Å². The van der Waals surface area contributed by atoms with Gasteiger partial charge in [0.25, 0.3) is 5.91 Å². The molecule has 0 bridgehead atoms. The first-order valence-electron chi connectivity index (χ1n) is 5.27. The van der Waals surface area contributed by atoms with Gasteiger partial charge in [0, 0.05) is 19.0 Å². The largest absolute Gasteiger partial charge is 0.342 e. The van der Waals surface area contributed by atoms with Crippen molar-refractivity contribution in [3.8, 4) is 0 Å². The lowest BCUT2D eigenvalue weighted by Crippen LogP contribution is -2.29. The summed E-state index contributed by atoms with van der Waals surface area (Å²) in [5, 5.41) is 0.0992. The monoisotopic (exact) mass is 277 g/mol. The van der Waals surface area contributed by atoms with Gasteiger partial charge in [-0.15, -0.1) is 11.6 Å². The topological polar surface area (TPSA) is 20.3 Å². The molecule has 0 aliphatic heterocycles. The molecule has 17 heavy (non-hydrogen) atoms. The van der Waals surface area contributed by atoms with E-state index in [0.29, 0.717) is 13.0 Å². The predicted octanol–water partition coefficient (Wildman–Crippen LogP) is 3.57. The molecule has 1 aromatic carbocycles. The second kappa shape index (κ2) is 6.22. The Bertz CT molecular complexity index is 389. The van der Waals surface area contributed by atoms with Gasteiger partial charge >= 0.3 is 0 Å². The average molecular weight is 278 g/mol. The number of nitrogens with zero attached hydrogens (tertiary/aromatic N) is 1. The van der Waals surface area contributed by atoms with E-state index < -0.39 is 11.7 Å². The molecule has 1 atom stereocenters. The Kier molecular flexibility index (Phi) is 5.22. The van der Waals surface area contributed by atoms with Gasteiger partial charge in [0.2, 0.25) is 0 Å². The Balaban J connectivity index is 2.82. The minimum Gasteiger partial charge on any atom is -0.342 e. The zero-order valence-corrected chi connectivity index (χ0v) is 11.2. The average Bonchev–Trinajstić information content (AvgIpc) is 2.25. The van der Waals surface area contributed by atoms with Gasteiger partial charge in [-0.05, 0) is 25.5 Å². The predicted molar refractivity (Wildman–Crippen MR) is 68.3 cm³/mol. The van der Waals surface area contributed by atoms with E-state index in [1.54, 1.807) is 7.05 Å². The lowest BCUT2D eigenvalue weighted by Gasteiger charge is -2.18. The number of amides is 1. The van der Waals surface area contributed by atoms with Crippen LogP contribution >= 0.6 is 23.2 Å². The molecule has 94 valence electrons. The number of carbonyl (C=O) groups is 1. The number of halogens is 3. The van der Waals surface area contributed by atoms with Crippen LogP contribution in [0, 0.1) is 5.82 Å². The molecule has 0 N–H and O–H groups in total. The maximum absolute atomic E-state index is 13.5. The first-order valence-corrected chi connectivity index (χ1v) is 6.08. The van der Waals surface area contributed by atoms with Gasteiger partial charge in [0.1, 0.15) is 5.82 Å². The molecule has 0 aliphatic carbocycles. The fraction of sp³-hybridized carbons (Fsp3) is 0.417. The molecule has 0 heterocycles. The van der Waals surface area contributed by atoms with Crippen molar-refractivity contribution < 1.29 is 9.18 Å². The zero-order chi connectivity index (χ0) is 13.0. The normalized spacial score (nSPS) is 12.3. The summed E-state index contributed by atoms with van der Waals surface area (Å²) in [7, 11) is 1.60. The summed E-state index contributed by atoms with van der Waals surface area (Å²) in [6.45, 7) is 2.31. The van der Waals surface area contributed by atoms with Crippen molar-refractivity contribution in [2.75, 3.05) is 13.6 Å². The van der Waals surface area contributed by atoms with Gasteiger partial charge in [-0.25, -0.2) is 4.39 Å². The van der Waals surface area contributed by atoms with Crippen molar-refractivity contribution in [2.45, 2.75) is 18.7 Å². The second-order valence-corrected chi connectivity index (χ2v) is 5.05. The molecule has 0 aliphatic rings. The fourth-order valence-corrected chi connectivity index (χ4v) is 1.71. The van der Waals surface area contributed by atoms with Gasteiger partial charge < -0.3 is 4.90 Å². The number of hydrogen-bond donors (Lipinski definition) is 0. The van der Waals surface area contributed by atoms with Crippen molar-refractivity contribution >= 4 is 29.1 Å². The van der Waals surface area contributed by atoms with E-state index in [9.17, 15) is 9.18 Å². The lowest BCUT2D eigenvalue weighted by molar-refractivity contribution is 0.0789. The van der Waals surface area contributed by atoms with E-state index >= 15 is 0 Å². The van der Waals surface area contributed by atoms with Gasteiger partial charge in [-0.1, -0.05) is 17.7 Å². The minimum absolute atomic E-state index is 0.0265. The lowest BCUT2D eigenvalue weighted by atomic mass is 10.2. The van der Waals surface area contributed by atoms with E-state index in [1.807, 2.05) is 6.92 Å². The van der Waals surface area contributed by atoms with Crippen molar-refractivity contribution in [2.24, 2.45) is 0 Å². The van der Waals surface area contributed by atoms with Crippen molar-refractivity contribution in [1.29, 1.82) is 0 Å². The maximum Gasteiger partial charge on any atom is 0.258 e. The molecule has 0 saturated carbocycles. The van der Waals surface area contributed by atoms with Crippen LogP contribution in [0.25, 0.3) is 0 Å². The van der Waals surface area contributed by atoms with Crippen LogP contribution in [0.4, 0.5) is 4.39 Å². The first kappa shape index (κ1) is 14.3. The van der Waals surface area contributed by atoms with Crippen LogP contribution in [-0.2, 0) is 0 Å². The maximum atomic E-state index is 13.5. The molecule has 0 radical (unpaired) electrons. The Morgan fingerprint density at radius 2 is 2.18 bits per heavy atom. The van der Waals surface area contributed by atoms with E-state index in [2.05, 4.69) is 0 Å². The smallest absolute Gasteiger partial charge is 0.258 e. The third-order valence-corrected chi connectivity index (χ3v) is 2.92. The molecule has 5 heteroatoms. The van der Waals surface area contributed by atoms with Gasteiger partial charge in [0.05, 0.1) is 10.6 Å². The Hall–Kier alpha value is -0.800. The summed E-state index contributed by atoms with van der Waals surface area (Å²) < 4.78 is 13.5. The van der Waals surface area contributed by atoms with E-state index in [0.717, 1.165) is 0 Å². The van der Waals surface area contributed by atoms with Crippen molar-refractivity contribution in [3.05, 3.63) is 34.6 Å². The number of hydrogen-bond acceptors (Lipinski definition) is 1. The standard InChI is InChI=1S/C12H14Cl2FNO/c1-8(13)6-7-16(2)12(17)11-9(14)4-3-5-10(11)15/h3-5,8H,6-7H2,1-2H3. The summed E-state index contributed by atoms with van der Waals surface area (Å²) >= 11 is 11.6. The van der Waals surface area contributed by atoms with Crippen LogP contribution < -0.4 is 0 Å². The van der Waals surface area contributed by atoms with Gasteiger partial charge in [-0.3, -0.25) is 4.79 Å². The SMILES string of the molecule is CC(Cl)CCN(C)C(=O)c1c(F)cccc1Cl. The quantitative estimate of drug-likeness (QED) is 0.771. The van der Waals surface area contributed by atoms with E-state index in [4.69, 9.17) is 23.2 Å². The highest BCUT2D eigenvalue weighted by Crippen LogP contribution is 2.20. The van der Waals surface area contributed by atoms with Crippen LogP contribution in [-0.4, -0.2) is 29.8 Å². The fourth-order valence-electron chi connectivity index (χ4n) is 1.37. The second-order valence-electron chi connectivity index (χ2n) is 3.89. The third kappa shape index (κ3) is 3.86. The Morgan fingerprint density at radius 3 is 2.71 bits per heavy atom. The highest BCUT2D eigenvalue weighted by molar-refractivity contribution is 6.33. The molecule has 1 aromatic rings. The van der Waals surface area contributed by atoms with E-state index in [1.165, 1.54) is 23.1 Å². The van der Waals surface area contributed by atoms with Gasteiger partial charge in [0.15, 0.2) is 0 Å². The Labute approximate surface area is 110 Å². The number of benzene rings is 1.